The molecule has 12 aromatic rings. The summed E-state index contributed by atoms with van der Waals surface area (Å²) in [5, 5.41) is 53.2. The molecule has 15 heterocycles. The van der Waals surface area contributed by atoms with Gasteiger partial charge in [-0.3, -0.25) is 39.3 Å². The zero-order valence-corrected chi connectivity index (χ0v) is 79.2. The number of nitriles is 3. The van der Waals surface area contributed by atoms with E-state index in [-0.39, 0.29) is 96.4 Å². The first kappa shape index (κ1) is 95.7. The van der Waals surface area contributed by atoms with Crippen LogP contribution in [0.1, 0.15) is 90.1 Å². The van der Waals surface area contributed by atoms with Crippen LogP contribution in [0.15, 0.2) is 177 Å². The molecule has 142 heavy (non-hydrogen) atoms. The number of anilines is 9. The summed E-state index contributed by atoms with van der Waals surface area (Å²) in [6.45, 7) is 25.2. The highest BCUT2D eigenvalue weighted by Gasteiger charge is 2.40. The number of halogens is 3. The molecule has 39 heteroatoms. The summed E-state index contributed by atoms with van der Waals surface area (Å²) < 4.78 is 79.6. The number of nitrogens with one attached hydrogen (secondary N) is 6. The van der Waals surface area contributed by atoms with E-state index in [0.717, 1.165) is 152 Å². The molecule has 9 aliphatic rings. The molecule has 0 aliphatic carbocycles. The first-order valence-electron chi connectivity index (χ1n) is 48.0. The van der Waals surface area contributed by atoms with Gasteiger partial charge in [0.05, 0.1) is 100 Å². The molecule has 3 amide bonds. The van der Waals surface area contributed by atoms with Gasteiger partial charge >= 0.3 is 0 Å². The Labute approximate surface area is 819 Å². The molecule has 21 rings (SSSR count). The van der Waals surface area contributed by atoms with Gasteiger partial charge in [-0.15, -0.1) is 0 Å². The van der Waals surface area contributed by atoms with Crippen LogP contribution in [0.2, 0.25) is 0 Å². The molecule has 6 aromatic heterocycles. The maximum atomic E-state index is 15.3. The molecule has 9 aliphatic heterocycles. The van der Waals surface area contributed by atoms with Gasteiger partial charge in [-0.2, -0.15) is 26.0 Å². The van der Waals surface area contributed by atoms with Gasteiger partial charge in [-0.1, -0.05) is 0 Å². The molecule has 732 valence electrons. The number of carbonyl (C=O) groups is 3. The minimum absolute atomic E-state index is 0.105. The standard InChI is InChI=1S/C35H38FN9O3.2C34H36FN9O3/c1-22-23(2)41-42-33(22)35(46)45-12-10-31(29(36)19-45)48-30-8-3-24(17-25(30)18-37)34-38-11-9-32(40-34)39-26-4-6-27(7-5-26)43-13-15-44(16-14-43)28-20-47-21-28;1-22-18-38-33(39-22)34(45)44-11-9-30(28(35)19-44)47-29-7-2-23(16-24(29)17-36)32-37-10-8-31(41-32)40-25-3-5-26(6-4-25)42-12-14-43(15-13-42)27-20-46-21-27;1-22-18-38-41-32(22)34(45)44-11-9-30(28(35)19-44)47-29-7-2-23(16-24(29)17-36)33-37-10-8-31(40-33)39-25-3-5-26(6-4-25)42-12-14-43(15-13-42)27-20-46-21-27/h3-9,11,17,28-29,31H,10,12-16,19-21H2,1-2H3,(H,41,42)(H,38,39,40);2-8,10,16,18,27-28,30H,9,11-15,19-21H2,1H3,(H,38,39)(H,37,40,41);2-8,10,16,18,27-28,30H,9,11-15,19-21H2,1H3,(H,38,41)(H,37,39,40)/t29-,31+;2*28-,30+/m111/s1. The van der Waals surface area contributed by atoms with Crippen molar-refractivity contribution in [1.29, 1.82) is 15.8 Å². The molecule has 0 radical (unpaired) electrons. The van der Waals surface area contributed by atoms with E-state index in [2.05, 4.69) is 160 Å². The average Bonchev–Trinajstić information content (AvgIpc) is 1.71. The number of piperazine rings is 3. The maximum absolute atomic E-state index is 15.3. The molecule has 6 atom stereocenters. The minimum Gasteiger partial charge on any atom is -0.486 e. The van der Waals surface area contributed by atoms with Crippen LogP contribution in [0.4, 0.5) is 64.7 Å². The number of nitrogens with zero attached hydrogens (tertiary/aromatic N) is 21. The lowest BCUT2D eigenvalue weighted by Gasteiger charge is -2.43. The number of piperidine rings is 3. The fraction of sp³-hybridized carbons (Fsp3) is 0.388. The van der Waals surface area contributed by atoms with E-state index in [9.17, 15) is 30.2 Å². The smallest absolute Gasteiger partial charge is 0.289 e. The van der Waals surface area contributed by atoms with Crippen molar-refractivity contribution < 1.29 is 56.0 Å². The van der Waals surface area contributed by atoms with E-state index in [1.807, 2.05) is 50.2 Å². The number of aryl methyl sites for hydroxylation is 3. The van der Waals surface area contributed by atoms with Gasteiger partial charge in [0.2, 0.25) is 0 Å². The largest absolute Gasteiger partial charge is 0.486 e. The third-order valence-corrected chi connectivity index (χ3v) is 27.5. The highest BCUT2D eigenvalue weighted by molar-refractivity contribution is 5.95. The Balaban J connectivity index is 0.000000135. The number of ether oxygens (including phenoxy) is 6. The fourth-order valence-corrected chi connectivity index (χ4v) is 18.7. The summed E-state index contributed by atoms with van der Waals surface area (Å²) in [6, 6.07) is 53.7. The molecule has 6 aromatic carbocycles. The lowest BCUT2D eigenvalue weighted by atomic mass is 10.0. The molecule has 0 saturated carbocycles. The number of hydrogen-bond donors (Lipinski definition) is 6. The zero-order valence-electron chi connectivity index (χ0n) is 79.2. The first-order valence-corrected chi connectivity index (χ1v) is 48.0. The Morgan fingerprint density at radius 2 is 0.768 bits per heavy atom. The van der Waals surface area contributed by atoms with Crippen molar-refractivity contribution in [3.05, 3.63) is 233 Å². The Morgan fingerprint density at radius 3 is 1.06 bits per heavy atom. The Hall–Kier alpha value is -15.2. The number of benzene rings is 6. The number of hydrogen-bond acceptors (Lipinski definition) is 30. The summed E-state index contributed by atoms with van der Waals surface area (Å²) >= 11 is 0. The molecular formula is C103H110F3N27O9. The molecule has 9 saturated heterocycles. The fourth-order valence-electron chi connectivity index (χ4n) is 18.7. The van der Waals surface area contributed by atoms with Crippen LogP contribution in [0.5, 0.6) is 17.2 Å². The highest BCUT2D eigenvalue weighted by Crippen LogP contribution is 2.37. The van der Waals surface area contributed by atoms with E-state index < -0.39 is 36.8 Å². The van der Waals surface area contributed by atoms with Crippen LogP contribution in [0.25, 0.3) is 34.2 Å². The normalized spacial score (nSPS) is 20.3. The number of imidazole rings is 1. The van der Waals surface area contributed by atoms with Crippen molar-refractivity contribution in [2.24, 2.45) is 0 Å². The van der Waals surface area contributed by atoms with Crippen LogP contribution in [-0.2, 0) is 14.2 Å². The molecule has 0 spiro atoms. The molecular weight excluding hydrogens is 1820 g/mol. The number of amides is 3. The van der Waals surface area contributed by atoms with Gasteiger partial charge < -0.3 is 78.8 Å². The van der Waals surface area contributed by atoms with Gasteiger partial charge in [-0.25, -0.2) is 48.1 Å². The van der Waals surface area contributed by atoms with Gasteiger partial charge in [-0.05, 0) is 179 Å². The predicted octanol–water partition coefficient (Wildman–Crippen LogP) is 12.1. The first-order chi connectivity index (χ1) is 69.2. The lowest BCUT2D eigenvalue weighted by molar-refractivity contribution is -0.0660. The summed E-state index contributed by atoms with van der Waals surface area (Å²) in [7, 11) is 0. The van der Waals surface area contributed by atoms with Crippen LogP contribution in [0, 0.1) is 61.7 Å². The summed E-state index contributed by atoms with van der Waals surface area (Å²) in [5.41, 5.74) is 12.6. The van der Waals surface area contributed by atoms with Crippen LogP contribution in [-0.4, -0.2) is 320 Å². The minimum atomic E-state index is -1.42. The van der Waals surface area contributed by atoms with Gasteiger partial charge in [0.25, 0.3) is 17.7 Å². The average molecular weight is 1930 g/mol. The predicted molar refractivity (Wildman–Crippen MR) is 525 cm³/mol. The van der Waals surface area contributed by atoms with Gasteiger partial charge in [0.1, 0.15) is 76.9 Å². The summed E-state index contributed by atoms with van der Waals surface area (Å²) in [5.74, 6) is 3.24. The van der Waals surface area contributed by atoms with Gasteiger partial charge in [0, 0.05) is 210 Å². The Morgan fingerprint density at radius 1 is 0.415 bits per heavy atom. The highest BCUT2D eigenvalue weighted by atomic mass is 19.1. The van der Waals surface area contributed by atoms with Crippen molar-refractivity contribution in [3.63, 3.8) is 0 Å². The third kappa shape index (κ3) is 22.3. The zero-order chi connectivity index (χ0) is 97.9. The van der Waals surface area contributed by atoms with E-state index >= 15 is 13.2 Å². The maximum Gasteiger partial charge on any atom is 0.289 e. The number of carbonyl (C=O) groups excluding carboxylic acids is 3. The topological polar surface area (TPSA) is 407 Å². The van der Waals surface area contributed by atoms with Crippen LogP contribution < -0.4 is 44.9 Å². The number of H-pyrrole nitrogens is 3. The van der Waals surface area contributed by atoms with Crippen LogP contribution >= 0.6 is 0 Å². The number of alkyl halides is 3. The van der Waals surface area contributed by atoms with Crippen molar-refractivity contribution in [2.75, 3.05) is 188 Å². The molecule has 0 unspecified atom stereocenters. The second-order valence-electron chi connectivity index (χ2n) is 36.7. The quantitative estimate of drug-likeness (QED) is 0.0327. The van der Waals surface area contributed by atoms with E-state index in [0.29, 0.717) is 106 Å². The Kier molecular flexibility index (Phi) is 29.5. The Bertz CT molecular complexity index is 6580. The van der Waals surface area contributed by atoms with Crippen molar-refractivity contribution in [1.82, 2.24) is 89.7 Å². The molecule has 9 fully saturated rings. The van der Waals surface area contributed by atoms with Crippen molar-refractivity contribution in [2.45, 2.75) is 102 Å². The van der Waals surface area contributed by atoms with E-state index in [4.69, 9.17) is 28.4 Å². The van der Waals surface area contributed by atoms with E-state index in [1.165, 1.54) is 31.8 Å². The molecule has 36 nitrogen and oxygen atoms in total. The van der Waals surface area contributed by atoms with E-state index in [1.54, 1.807) is 118 Å². The molecule has 0 bridgehead atoms. The number of aromatic nitrogens is 12. The molecule has 6 N–H and O–H groups in total. The van der Waals surface area contributed by atoms with Gasteiger partial charge in [0.15, 0.2) is 47.5 Å². The lowest BCUT2D eigenvalue weighted by Crippen LogP contribution is -2.56. The second kappa shape index (κ2) is 43.7. The van der Waals surface area contributed by atoms with Crippen molar-refractivity contribution in [3.8, 4) is 69.6 Å². The number of likely N-dealkylation sites (tertiary alicyclic amines) is 3. The SMILES string of the molecule is Cc1[nH]nc(C(=O)N2CC[C@H](Oc3ccc(-c4nccc(Nc5ccc(N6CCN(C7COC7)CC6)cc5)n4)cc3C#N)[C@H](F)C2)c1C.Cc1cn[nH]c1C(=O)N1CC[C@H](Oc2ccc(-c3nccc(Nc4ccc(N5CCN(C6COC6)CC5)cc4)n3)cc2C#N)[C@H](F)C1.Cc1cnc(C(=O)N2CC[C@H](Oc3ccc(-c4nccc(Nc5ccc(N6CCN(C7COC7)CC6)cc5)n4)cc3C#N)[C@H](F)C2)[nH]1. The van der Waals surface area contributed by atoms with Crippen LogP contribution in [0.3, 0.4) is 0 Å². The summed E-state index contributed by atoms with van der Waals surface area (Å²) in [4.78, 5) is 91.7. The third-order valence-electron chi connectivity index (χ3n) is 27.5. The number of rotatable bonds is 24. The summed E-state index contributed by atoms with van der Waals surface area (Å²) in [6.07, 6.45) is 2.33. The number of aromatic amines is 3. The van der Waals surface area contributed by atoms with Crippen molar-refractivity contribution >= 4 is 69.3 Å². The second-order valence-corrected chi connectivity index (χ2v) is 36.7. The monoisotopic (exact) mass is 1930 g/mol.